The SMILES string of the molecule is Cc1cc(C)nc(N2CCC(C(=O)NCc3csc(-c4cccnc4)n3)CC2)n1. The molecular weight excluding hydrogens is 384 g/mol. The number of nitrogens with one attached hydrogen (secondary N) is 1. The van der Waals surface area contributed by atoms with Crippen molar-refractivity contribution in [2.75, 3.05) is 18.0 Å². The van der Waals surface area contributed by atoms with Crippen molar-refractivity contribution in [1.29, 1.82) is 0 Å². The highest BCUT2D eigenvalue weighted by Gasteiger charge is 2.26. The molecule has 0 aliphatic carbocycles. The third kappa shape index (κ3) is 4.76. The summed E-state index contributed by atoms with van der Waals surface area (Å²) in [6, 6.07) is 5.86. The Balaban J connectivity index is 1.29. The highest BCUT2D eigenvalue weighted by molar-refractivity contribution is 7.13. The molecule has 150 valence electrons. The van der Waals surface area contributed by atoms with Crippen LogP contribution >= 0.6 is 11.3 Å². The zero-order chi connectivity index (χ0) is 20.2. The topological polar surface area (TPSA) is 83.9 Å². The van der Waals surface area contributed by atoms with Crippen molar-refractivity contribution < 1.29 is 4.79 Å². The summed E-state index contributed by atoms with van der Waals surface area (Å²) in [4.78, 5) is 32.6. The number of hydrogen-bond donors (Lipinski definition) is 1. The zero-order valence-corrected chi connectivity index (χ0v) is 17.4. The Hall–Kier alpha value is -2.87. The Kier molecular flexibility index (Phi) is 5.80. The summed E-state index contributed by atoms with van der Waals surface area (Å²) < 4.78 is 0. The standard InChI is InChI=1S/C21H24N6OS/c1-14-10-15(2)25-21(24-14)27-8-5-16(6-9-27)19(28)23-12-18-13-29-20(26-18)17-4-3-7-22-11-17/h3-4,7,10-11,13,16H,5-6,8-9,12H2,1-2H3,(H,23,28). The minimum atomic E-state index is 0.0218. The number of thiazole rings is 1. The van der Waals surface area contributed by atoms with Crippen LogP contribution in [-0.4, -0.2) is 38.9 Å². The van der Waals surface area contributed by atoms with Crippen LogP contribution in [0.3, 0.4) is 0 Å². The summed E-state index contributed by atoms with van der Waals surface area (Å²) in [6.45, 7) is 6.01. The molecule has 4 rings (SSSR count). The van der Waals surface area contributed by atoms with Gasteiger partial charge in [-0.25, -0.2) is 15.0 Å². The number of pyridine rings is 1. The second-order valence-electron chi connectivity index (χ2n) is 7.32. The van der Waals surface area contributed by atoms with Gasteiger partial charge in [0.2, 0.25) is 11.9 Å². The van der Waals surface area contributed by atoms with Crippen LogP contribution in [0.1, 0.15) is 29.9 Å². The van der Waals surface area contributed by atoms with Gasteiger partial charge in [-0.05, 0) is 44.9 Å². The number of carbonyl (C=O) groups is 1. The minimum Gasteiger partial charge on any atom is -0.350 e. The molecule has 3 aromatic heterocycles. The fourth-order valence-electron chi connectivity index (χ4n) is 3.52. The fourth-order valence-corrected chi connectivity index (χ4v) is 4.33. The Morgan fingerprint density at radius 1 is 1.21 bits per heavy atom. The van der Waals surface area contributed by atoms with Gasteiger partial charge >= 0.3 is 0 Å². The van der Waals surface area contributed by atoms with Crippen molar-refractivity contribution in [3.05, 3.63) is 53.1 Å². The number of anilines is 1. The second kappa shape index (κ2) is 8.65. The highest BCUT2D eigenvalue weighted by atomic mass is 32.1. The van der Waals surface area contributed by atoms with Gasteiger partial charge in [-0.2, -0.15) is 0 Å². The Labute approximate surface area is 174 Å². The first-order chi connectivity index (χ1) is 14.1. The van der Waals surface area contributed by atoms with Crippen LogP contribution in [0.5, 0.6) is 0 Å². The molecular formula is C21H24N6OS. The van der Waals surface area contributed by atoms with Crippen molar-refractivity contribution in [1.82, 2.24) is 25.3 Å². The summed E-state index contributed by atoms with van der Waals surface area (Å²) in [6.07, 6.45) is 5.16. The van der Waals surface area contributed by atoms with E-state index in [1.807, 2.05) is 37.4 Å². The van der Waals surface area contributed by atoms with E-state index in [0.29, 0.717) is 6.54 Å². The Bertz CT molecular complexity index is 962. The van der Waals surface area contributed by atoms with Crippen molar-refractivity contribution >= 4 is 23.2 Å². The predicted molar refractivity (Wildman–Crippen MR) is 114 cm³/mol. The molecule has 0 radical (unpaired) electrons. The van der Waals surface area contributed by atoms with Crippen LogP contribution in [0.2, 0.25) is 0 Å². The van der Waals surface area contributed by atoms with Gasteiger partial charge in [-0.1, -0.05) is 0 Å². The Morgan fingerprint density at radius 3 is 2.66 bits per heavy atom. The molecule has 0 spiro atoms. The van der Waals surface area contributed by atoms with Gasteiger partial charge in [0, 0.05) is 53.7 Å². The molecule has 1 saturated heterocycles. The van der Waals surface area contributed by atoms with Crippen LogP contribution in [0.25, 0.3) is 10.6 Å². The largest absolute Gasteiger partial charge is 0.350 e. The monoisotopic (exact) mass is 408 g/mol. The van der Waals surface area contributed by atoms with Crippen molar-refractivity contribution in [3.8, 4) is 10.6 Å². The van der Waals surface area contributed by atoms with E-state index in [1.165, 1.54) is 0 Å². The maximum atomic E-state index is 12.6. The van der Waals surface area contributed by atoms with Gasteiger partial charge in [0.1, 0.15) is 5.01 Å². The number of piperidine rings is 1. The normalized spacial score (nSPS) is 14.8. The predicted octanol–water partition coefficient (Wildman–Crippen LogP) is 3.14. The van der Waals surface area contributed by atoms with Crippen LogP contribution < -0.4 is 10.2 Å². The number of aryl methyl sites for hydroxylation is 2. The lowest BCUT2D eigenvalue weighted by Gasteiger charge is -2.31. The number of amides is 1. The molecule has 7 nitrogen and oxygen atoms in total. The molecule has 1 fully saturated rings. The Morgan fingerprint density at radius 2 is 1.97 bits per heavy atom. The van der Waals surface area contributed by atoms with E-state index >= 15 is 0 Å². The summed E-state index contributed by atoms with van der Waals surface area (Å²) in [5.41, 5.74) is 3.82. The number of hydrogen-bond acceptors (Lipinski definition) is 7. The fraction of sp³-hybridized carbons (Fsp3) is 0.381. The summed E-state index contributed by atoms with van der Waals surface area (Å²) in [7, 11) is 0. The van der Waals surface area contributed by atoms with E-state index in [2.05, 4.69) is 30.2 Å². The molecule has 1 aliphatic heterocycles. The zero-order valence-electron chi connectivity index (χ0n) is 16.6. The molecule has 1 N–H and O–H groups in total. The lowest BCUT2D eigenvalue weighted by molar-refractivity contribution is -0.125. The smallest absolute Gasteiger partial charge is 0.225 e. The minimum absolute atomic E-state index is 0.0218. The molecule has 1 aliphatic rings. The van der Waals surface area contributed by atoms with Crippen LogP contribution in [0, 0.1) is 19.8 Å². The van der Waals surface area contributed by atoms with Crippen molar-refractivity contribution in [3.63, 3.8) is 0 Å². The van der Waals surface area contributed by atoms with E-state index in [9.17, 15) is 4.79 Å². The van der Waals surface area contributed by atoms with Gasteiger partial charge in [0.05, 0.1) is 12.2 Å². The van der Waals surface area contributed by atoms with Gasteiger partial charge < -0.3 is 10.2 Å². The van der Waals surface area contributed by atoms with Gasteiger partial charge in [0.15, 0.2) is 0 Å². The number of aromatic nitrogens is 4. The van der Waals surface area contributed by atoms with E-state index in [-0.39, 0.29) is 11.8 Å². The molecule has 8 heteroatoms. The highest BCUT2D eigenvalue weighted by Crippen LogP contribution is 2.24. The first-order valence-electron chi connectivity index (χ1n) is 9.78. The van der Waals surface area contributed by atoms with Crippen LogP contribution in [0.15, 0.2) is 36.0 Å². The first kappa shape index (κ1) is 19.4. The van der Waals surface area contributed by atoms with Crippen LogP contribution in [0.4, 0.5) is 5.95 Å². The van der Waals surface area contributed by atoms with Gasteiger partial charge in [-0.3, -0.25) is 9.78 Å². The maximum Gasteiger partial charge on any atom is 0.225 e. The number of carbonyl (C=O) groups excluding carboxylic acids is 1. The van der Waals surface area contributed by atoms with E-state index in [1.54, 1.807) is 23.7 Å². The second-order valence-corrected chi connectivity index (χ2v) is 8.17. The third-order valence-electron chi connectivity index (χ3n) is 5.02. The molecule has 3 aromatic rings. The van der Waals surface area contributed by atoms with Crippen molar-refractivity contribution in [2.45, 2.75) is 33.2 Å². The summed E-state index contributed by atoms with van der Waals surface area (Å²) >= 11 is 1.57. The number of rotatable bonds is 5. The number of nitrogens with zero attached hydrogens (tertiary/aromatic N) is 5. The van der Waals surface area contributed by atoms with Crippen LogP contribution in [-0.2, 0) is 11.3 Å². The molecule has 0 aromatic carbocycles. The molecule has 29 heavy (non-hydrogen) atoms. The molecule has 0 bridgehead atoms. The van der Waals surface area contributed by atoms with Gasteiger partial charge in [-0.15, -0.1) is 11.3 Å². The lowest BCUT2D eigenvalue weighted by atomic mass is 9.96. The van der Waals surface area contributed by atoms with E-state index in [0.717, 1.165) is 59.5 Å². The van der Waals surface area contributed by atoms with E-state index < -0.39 is 0 Å². The molecule has 1 amide bonds. The van der Waals surface area contributed by atoms with E-state index in [4.69, 9.17) is 0 Å². The lowest BCUT2D eigenvalue weighted by Crippen LogP contribution is -2.41. The summed E-state index contributed by atoms with van der Waals surface area (Å²) in [5, 5.41) is 5.96. The third-order valence-corrected chi connectivity index (χ3v) is 5.96. The molecule has 0 saturated carbocycles. The average molecular weight is 409 g/mol. The summed E-state index contributed by atoms with van der Waals surface area (Å²) in [5.74, 6) is 0.891. The molecule has 4 heterocycles. The molecule has 0 unspecified atom stereocenters. The molecule has 0 atom stereocenters. The quantitative estimate of drug-likeness (QED) is 0.698. The van der Waals surface area contributed by atoms with Gasteiger partial charge in [0.25, 0.3) is 0 Å². The maximum absolute atomic E-state index is 12.6. The average Bonchev–Trinajstić information content (AvgIpc) is 3.21. The van der Waals surface area contributed by atoms with Crippen molar-refractivity contribution in [2.24, 2.45) is 5.92 Å². The first-order valence-corrected chi connectivity index (χ1v) is 10.7.